The van der Waals surface area contributed by atoms with Gasteiger partial charge in [-0.3, -0.25) is 0 Å². The Kier molecular flexibility index (Phi) is 2.23. The molecule has 0 aliphatic carbocycles. The molecule has 0 aromatic rings. The maximum Gasteiger partial charge on any atom is 0.577 e. The summed E-state index contributed by atoms with van der Waals surface area (Å²) in [4.78, 5) is 11.3. The van der Waals surface area contributed by atoms with Crippen LogP contribution >= 0.6 is 0 Å². The Labute approximate surface area is 46.1 Å². The first-order chi connectivity index (χ1) is 3.95. The maximum absolute atomic E-state index is 10.8. The molecule has 0 aliphatic rings. The lowest BCUT2D eigenvalue weighted by Gasteiger charge is -2.01. The van der Waals surface area contributed by atoms with Gasteiger partial charge in [0, 0.05) is 4.53 Å². The van der Waals surface area contributed by atoms with E-state index in [2.05, 4.69) is 4.74 Å². The number of halogens is 4. The Balaban J connectivity index is 3.60. The van der Waals surface area contributed by atoms with Crippen molar-refractivity contribution in [1.82, 2.24) is 0 Å². The minimum absolute atomic E-state index is 2.05. The summed E-state index contributed by atoms with van der Waals surface area (Å²) < 4.78 is 45.2. The van der Waals surface area contributed by atoms with Gasteiger partial charge in [-0.15, -0.1) is 13.2 Å². The van der Waals surface area contributed by atoms with Crippen molar-refractivity contribution in [1.29, 1.82) is 0 Å². The minimum atomic E-state index is -5.19. The van der Waals surface area contributed by atoms with Crippen molar-refractivity contribution in [2.45, 2.75) is 6.36 Å². The zero-order valence-electron chi connectivity index (χ0n) is 3.74. The third-order valence-corrected chi connectivity index (χ3v) is 0.262. The van der Waals surface area contributed by atoms with E-state index in [9.17, 15) is 22.5 Å². The van der Waals surface area contributed by atoms with E-state index in [1.807, 2.05) is 4.94 Å². The highest BCUT2D eigenvalue weighted by atomic mass is 19.4. The van der Waals surface area contributed by atoms with Crippen molar-refractivity contribution in [3.63, 3.8) is 0 Å². The highest BCUT2D eigenvalue weighted by Gasteiger charge is 2.35. The molecule has 0 aromatic carbocycles. The monoisotopic (exact) mass is 148 g/mol. The predicted molar refractivity (Wildman–Crippen MR) is 14.7 cm³/mol. The molecule has 0 atom stereocenters. The normalized spacial score (nSPS) is 10.7. The maximum atomic E-state index is 10.8. The topological polar surface area (TPSA) is 35.5 Å². The van der Waals surface area contributed by atoms with Gasteiger partial charge in [0.1, 0.15) is 0 Å². The van der Waals surface area contributed by atoms with Crippen LogP contribution in [0.2, 0.25) is 0 Å². The Morgan fingerprint density at radius 1 is 1.33 bits per heavy atom. The van der Waals surface area contributed by atoms with Crippen LogP contribution in [-0.2, 0) is 9.68 Å². The van der Waals surface area contributed by atoms with Crippen LogP contribution in [0.3, 0.4) is 0 Å². The molecule has 0 N–H and O–H groups in total. The molecule has 0 aliphatic heterocycles. The Morgan fingerprint density at radius 3 is 1.89 bits per heavy atom. The number of carbonyl (C=O) groups is 1. The first-order valence-electron chi connectivity index (χ1n) is 1.54. The van der Waals surface area contributed by atoms with Crippen molar-refractivity contribution < 1.29 is 32.2 Å². The molecule has 0 saturated heterocycles. The first-order valence-corrected chi connectivity index (χ1v) is 1.54. The lowest BCUT2D eigenvalue weighted by Crippen LogP contribution is -2.18. The second kappa shape index (κ2) is 2.51. The number of hydrogen-bond acceptors (Lipinski definition) is 3. The fraction of sp³-hybridized carbons (Fsp3) is 0.500. The number of alkyl halides is 3. The summed E-state index contributed by atoms with van der Waals surface area (Å²) in [5.74, 6) is 0. The molecular weight excluding hydrogens is 148 g/mol. The fourth-order valence-corrected chi connectivity index (χ4v) is 0.110. The van der Waals surface area contributed by atoms with Crippen molar-refractivity contribution in [2.24, 2.45) is 0 Å². The molecule has 0 aromatic heterocycles. The summed E-state index contributed by atoms with van der Waals surface area (Å²) in [7, 11) is 0. The van der Waals surface area contributed by atoms with Gasteiger partial charge in [-0.25, -0.2) is 9.74 Å². The molecule has 54 valence electrons. The highest BCUT2D eigenvalue weighted by molar-refractivity contribution is 5.59. The molecule has 0 amide bonds. The van der Waals surface area contributed by atoms with Crippen LogP contribution in [0, 0.1) is 0 Å². The zero-order chi connectivity index (χ0) is 7.49. The summed E-state index contributed by atoms with van der Waals surface area (Å²) in [6, 6.07) is 0. The van der Waals surface area contributed by atoms with E-state index in [-0.39, 0.29) is 0 Å². The number of rotatable bonds is 0. The van der Waals surface area contributed by atoms with Crippen LogP contribution in [-0.4, -0.2) is 12.5 Å². The Bertz CT molecular complexity index is 107. The molecule has 9 heavy (non-hydrogen) atoms. The average molecular weight is 148 g/mol. The van der Waals surface area contributed by atoms with E-state index in [4.69, 9.17) is 0 Å². The van der Waals surface area contributed by atoms with Gasteiger partial charge in [0.25, 0.3) is 0 Å². The van der Waals surface area contributed by atoms with Crippen molar-refractivity contribution in [2.75, 3.05) is 0 Å². The zero-order valence-corrected chi connectivity index (χ0v) is 3.74. The average Bonchev–Trinajstić information content (AvgIpc) is 1.62. The lowest BCUT2D eigenvalue weighted by atomic mass is 11.2. The molecule has 0 bridgehead atoms. The summed E-state index contributed by atoms with van der Waals surface area (Å²) in [6.07, 6.45) is -7.62. The molecular formula is C2F4O3. The quantitative estimate of drug-likeness (QED) is 0.386. The van der Waals surface area contributed by atoms with Crippen molar-refractivity contribution >= 4 is 6.16 Å². The molecule has 0 rings (SSSR count). The minimum Gasteiger partial charge on any atom is -0.338 e. The van der Waals surface area contributed by atoms with E-state index in [0.717, 1.165) is 0 Å². The lowest BCUT2D eigenvalue weighted by molar-refractivity contribution is -0.309. The molecule has 0 saturated carbocycles. The van der Waals surface area contributed by atoms with E-state index in [0.29, 0.717) is 0 Å². The van der Waals surface area contributed by atoms with Gasteiger partial charge in [-0.1, -0.05) is 0 Å². The molecule has 3 nitrogen and oxygen atoms in total. The SMILES string of the molecule is O=C(OF)OC(F)(F)F. The second-order valence-electron chi connectivity index (χ2n) is 0.875. The predicted octanol–water partition coefficient (Wildman–Crippen LogP) is 1.54. The third-order valence-electron chi connectivity index (χ3n) is 0.262. The van der Waals surface area contributed by atoms with Crippen LogP contribution in [0.5, 0.6) is 0 Å². The van der Waals surface area contributed by atoms with Gasteiger partial charge in [0.15, 0.2) is 0 Å². The van der Waals surface area contributed by atoms with E-state index in [1.54, 1.807) is 0 Å². The van der Waals surface area contributed by atoms with Crippen LogP contribution in [0.25, 0.3) is 0 Å². The number of hydrogen-bond donors (Lipinski definition) is 0. The van der Waals surface area contributed by atoms with Gasteiger partial charge in [0.05, 0.1) is 0 Å². The largest absolute Gasteiger partial charge is 0.577 e. The molecule has 0 spiro atoms. The summed E-state index contributed by atoms with van der Waals surface area (Å²) in [5.41, 5.74) is 0. The van der Waals surface area contributed by atoms with Crippen LogP contribution in [0.15, 0.2) is 0 Å². The van der Waals surface area contributed by atoms with Gasteiger partial charge in [0.2, 0.25) is 0 Å². The van der Waals surface area contributed by atoms with Gasteiger partial charge < -0.3 is 4.74 Å². The Morgan fingerprint density at radius 2 is 1.78 bits per heavy atom. The molecule has 0 radical (unpaired) electrons. The summed E-state index contributed by atoms with van der Waals surface area (Å²) in [5, 5.41) is 0. The molecule has 0 unspecified atom stereocenters. The smallest absolute Gasteiger partial charge is 0.338 e. The van der Waals surface area contributed by atoms with Gasteiger partial charge in [-0.2, -0.15) is 0 Å². The molecule has 0 fully saturated rings. The van der Waals surface area contributed by atoms with Gasteiger partial charge in [-0.05, 0) is 0 Å². The van der Waals surface area contributed by atoms with E-state index >= 15 is 0 Å². The van der Waals surface area contributed by atoms with Crippen LogP contribution < -0.4 is 0 Å². The van der Waals surface area contributed by atoms with Crippen molar-refractivity contribution in [3.8, 4) is 0 Å². The number of ether oxygens (including phenoxy) is 1. The number of carbonyl (C=O) groups excluding carboxylic acids is 1. The fourth-order valence-electron chi connectivity index (χ4n) is 0.110. The highest BCUT2D eigenvalue weighted by Crippen LogP contribution is 2.16. The van der Waals surface area contributed by atoms with Gasteiger partial charge >= 0.3 is 12.5 Å². The summed E-state index contributed by atoms with van der Waals surface area (Å²) >= 11 is 0. The molecule has 7 heteroatoms. The van der Waals surface area contributed by atoms with E-state index in [1.165, 1.54) is 0 Å². The second-order valence-corrected chi connectivity index (χ2v) is 0.875. The van der Waals surface area contributed by atoms with Crippen molar-refractivity contribution in [3.05, 3.63) is 0 Å². The van der Waals surface area contributed by atoms with E-state index < -0.39 is 12.5 Å². The standard InChI is InChI=1S/C2F4O3/c3-2(4,5)8-1(7)9-6. The first kappa shape index (κ1) is 7.99. The van der Waals surface area contributed by atoms with Crippen LogP contribution in [0.1, 0.15) is 0 Å². The Hall–Kier alpha value is -1.01. The third kappa shape index (κ3) is 4.85. The molecule has 0 heterocycles. The van der Waals surface area contributed by atoms with Crippen LogP contribution in [0.4, 0.5) is 22.5 Å². The summed E-state index contributed by atoms with van der Waals surface area (Å²) in [6.45, 7) is 0.